The van der Waals surface area contributed by atoms with Crippen LogP contribution in [0.3, 0.4) is 0 Å². The number of ether oxygens (including phenoxy) is 1. The molecule has 1 aliphatic rings. The molecule has 0 saturated heterocycles. The van der Waals surface area contributed by atoms with Crippen LogP contribution in [0.25, 0.3) is 11.4 Å². The molecular weight excluding hydrogens is 578 g/mol. The van der Waals surface area contributed by atoms with Gasteiger partial charge in [0.2, 0.25) is 5.91 Å². The summed E-state index contributed by atoms with van der Waals surface area (Å²) >= 11 is 5.72. The number of carbonyl (C=O) groups excluding carboxylic acids is 1. The van der Waals surface area contributed by atoms with E-state index in [9.17, 15) is 40.3 Å². The van der Waals surface area contributed by atoms with Crippen molar-refractivity contribution < 1.29 is 44.7 Å². The molecule has 0 unspecified atom stereocenters. The molecule has 4 rings (SSSR count). The summed E-state index contributed by atoms with van der Waals surface area (Å²) < 4.78 is 114. The molecule has 1 aromatic heterocycles. The molecule has 40 heavy (non-hydrogen) atoms. The van der Waals surface area contributed by atoms with Crippen molar-refractivity contribution in [3.63, 3.8) is 0 Å². The number of aromatic nitrogens is 2. The lowest BCUT2D eigenvalue weighted by Gasteiger charge is -2.34. The highest BCUT2D eigenvalue weighted by Gasteiger charge is 2.39. The van der Waals surface area contributed by atoms with Crippen molar-refractivity contribution >= 4 is 17.5 Å². The molecule has 1 aliphatic carbocycles. The Kier molecular flexibility index (Phi) is 8.22. The van der Waals surface area contributed by atoms with Crippen LogP contribution in [0.1, 0.15) is 35.2 Å². The number of halogens is 9. The largest absolute Gasteiger partial charge is 0.433 e. The molecule has 0 radical (unpaired) electrons. The van der Waals surface area contributed by atoms with Crippen LogP contribution >= 0.6 is 11.6 Å². The molecule has 3 aromatic rings. The van der Waals surface area contributed by atoms with Gasteiger partial charge in [0, 0.05) is 24.1 Å². The second-order valence-corrected chi connectivity index (χ2v) is 9.41. The standard InChI is InChI=1S/C25H18ClF8N3O3/c26-16-5-11(1-4-17(16)27)10-40-14-6-13(7-14)23(39)35-9-12-2-3-15(24(29,30)31)20(21(12)28)22-36-18(25(32,33)34)8-19(38)37-22/h1-5,8,13-14H,6-7,9-10H2,(H,35,39)(H,36,37,38)/t13-,14+. The Morgan fingerprint density at radius 3 is 2.38 bits per heavy atom. The van der Waals surface area contributed by atoms with E-state index in [0.717, 1.165) is 6.07 Å². The maximum atomic E-state index is 15.3. The number of aromatic amines is 1. The van der Waals surface area contributed by atoms with Crippen LogP contribution in [0.5, 0.6) is 0 Å². The monoisotopic (exact) mass is 595 g/mol. The normalized spacial score (nSPS) is 17.4. The van der Waals surface area contributed by atoms with Gasteiger partial charge in [0.05, 0.1) is 28.9 Å². The van der Waals surface area contributed by atoms with Gasteiger partial charge in [0.1, 0.15) is 17.5 Å². The van der Waals surface area contributed by atoms with Gasteiger partial charge in [-0.25, -0.2) is 13.8 Å². The molecule has 15 heteroatoms. The summed E-state index contributed by atoms with van der Waals surface area (Å²) in [6, 6.07) is 5.26. The lowest BCUT2D eigenvalue weighted by molar-refractivity contribution is -0.141. The van der Waals surface area contributed by atoms with Gasteiger partial charge in [-0.2, -0.15) is 26.3 Å². The van der Waals surface area contributed by atoms with Gasteiger partial charge in [-0.1, -0.05) is 23.7 Å². The predicted molar refractivity (Wildman–Crippen MR) is 125 cm³/mol. The van der Waals surface area contributed by atoms with Crippen molar-refractivity contribution in [1.29, 1.82) is 0 Å². The Bertz CT molecular complexity index is 1480. The van der Waals surface area contributed by atoms with E-state index < -0.39 is 76.1 Å². The lowest BCUT2D eigenvalue weighted by atomic mass is 9.81. The van der Waals surface area contributed by atoms with E-state index >= 15 is 4.39 Å². The van der Waals surface area contributed by atoms with Crippen LogP contribution in [0.2, 0.25) is 5.02 Å². The summed E-state index contributed by atoms with van der Waals surface area (Å²) in [5.41, 5.74) is -6.15. The molecule has 0 atom stereocenters. The highest BCUT2D eigenvalue weighted by molar-refractivity contribution is 6.30. The highest BCUT2D eigenvalue weighted by Crippen LogP contribution is 2.39. The van der Waals surface area contributed by atoms with Crippen molar-refractivity contribution in [2.45, 2.75) is 44.4 Å². The molecule has 214 valence electrons. The lowest BCUT2D eigenvalue weighted by Crippen LogP contribution is -2.42. The first kappa shape index (κ1) is 29.5. The Morgan fingerprint density at radius 1 is 1.05 bits per heavy atom. The van der Waals surface area contributed by atoms with Crippen LogP contribution in [-0.4, -0.2) is 22.0 Å². The van der Waals surface area contributed by atoms with Crippen molar-refractivity contribution in [3.8, 4) is 11.4 Å². The maximum absolute atomic E-state index is 15.3. The minimum atomic E-state index is -5.20. The van der Waals surface area contributed by atoms with Crippen LogP contribution in [-0.2, 0) is 35.0 Å². The van der Waals surface area contributed by atoms with Crippen LogP contribution in [0, 0.1) is 17.6 Å². The van der Waals surface area contributed by atoms with Gasteiger partial charge >= 0.3 is 12.4 Å². The third kappa shape index (κ3) is 6.61. The number of amides is 1. The molecule has 1 amide bonds. The number of carbonyl (C=O) groups is 1. The number of nitrogens with one attached hydrogen (secondary N) is 2. The van der Waals surface area contributed by atoms with E-state index in [4.69, 9.17) is 16.3 Å². The van der Waals surface area contributed by atoms with E-state index in [-0.39, 0.29) is 36.6 Å². The average Bonchev–Trinajstić information content (AvgIpc) is 2.82. The first-order valence-corrected chi connectivity index (χ1v) is 11.9. The van der Waals surface area contributed by atoms with Gasteiger partial charge in [-0.05, 0) is 36.6 Å². The van der Waals surface area contributed by atoms with E-state index in [1.54, 1.807) is 4.98 Å². The van der Waals surface area contributed by atoms with E-state index in [2.05, 4.69) is 10.3 Å². The van der Waals surface area contributed by atoms with Gasteiger partial charge in [-0.15, -0.1) is 0 Å². The van der Waals surface area contributed by atoms with Crippen molar-refractivity contribution in [2.24, 2.45) is 5.92 Å². The smallest absolute Gasteiger partial charge is 0.373 e. The number of rotatable bonds is 7. The molecule has 1 heterocycles. The summed E-state index contributed by atoms with van der Waals surface area (Å²) in [7, 11) is 0. The van der Waals surface area contributed by atoms with Crippen LogP contribution < -0.4 is 10.9 Å². The molecule has 0 bridgehead atoms. The van der Waals surface area contributed by atoms with E-state index in [1.165, 1.54) is 18.2 Å². The molecule has 2 N–H and O–H groups in total. The van der Waals surface area contributed by atoms with Gasteiger partial charge in [0.25, 0.3) is 5.56 Å². The summed E-state index contributed by atoms with van der Waals surface area (Å²) in [6.45, 7) is -0.473. The predicted octanol–water partition coefficient (Wildman–Crippen LogP) is 6.02. The van der Waals surface area contributed by atoms with Crippen LogP contribution in [0.15, 0.2) is 41.2 Å². The Labute approximate surface area is 225 Å². The summed E-state index contributed by atoms with van der Waals surface area (Å²) in [4.78, 5) is 28.9. The number of hydrogen-bond donors (Lipinski definition) is 2. The summed E-state index contributed by atoms with van der Waals surface area (Å²) in [5.74, 6) is -4.54. The zero-order chi connectivity index (χ0) is 29.4. The zero-order valence-corrected chi connectivity index (χ0v) is 20.8. The minimum absolute atomic E-state index is 0.0309. The summed E-state index contributed by atoms with van der Waals surface area (Å²) in [5, 5.41) is 2.32. The van der Waals surface area contributed by atoms with Gasteiger partial charge in [0.15, 0.2) is 5.69 Å². The quantitative estimate of drug-likeness (QED) is 0.328. The molecular formula is C25H18ClF8N3O3. The molecule has 1 fully saturated rings. The first-order valence-electron chi connectivity index (χ1n) is 11.5. The number of benzene rings is 2. The Hall–Kier alpha value is -3.52. The molecule has 2 aromatic carbocycles. The molecule has 6 nitrogen and oxygen atoms in total. The number of alkyl halides is 6. The average molecular weight is 596 g/mol. The molecule has 0 aliphatic heterocycles. The zero-order valence-electron chi connectivity index (χ0n) is 20.0. The number of H-pyrrole nitrogens is 1. The van der Waals surface area contributed by atoms with Crippen molar-refractivity contribution in [1.82, 2.24) is 15.3 Å². The fourth-order valence-corrected chi connectivity index (χ4v) is 4.23. The fourth-order valence-electron chi connectivity index (χ4n) is 4.03. The minimum Gasteiger partial charge on any atom is -0.373 e. The number of nitrogens with zero attached hydrogens (tertiary/aromatic N) is 1. The molecule has 0 spiro atoms. The first-order chi connectivity index (χ1) is 18.6. The van der Waals surface area contributed by atoms with Crippen LogP contribution in [0.4, 0.5) is 35.1 Å². The molecule has 1 saturated carbocycles. The van der Waals surface area contributed by atoms with E-state index in [1.807, 2.05) is 0 Å². The Balaban J connectivity index is 1.45. The highest BCUT2D eigenvalue weighted by atomic mass is 35.5. The summed E-state index contributed by atoms with van der Waals surface area (Å²) in [6.07, 6.45) is -10.1. The van der Waals surface area contributed by atoms with Gasteiger partial charge < -0.3 is 15.0 Å². The topological polar surface area (TPSA) is 84.1 Å². The SMILES string of the molecule is O=c1cc(C(F)(F)F)nc(-c2c(C(F)(F)F)ccc(CNC(=O)[C@H]3C[C@@H](OCc4ccc(F)c(Cl)c4)C3)c2F)[nH]1. The fraction of sp³-hybridized carbons (Fsp3) is 0.320. The third-order valence-electron chi connectivity index (χ3n) is 6.18. The number of hydrogen-bond acceptors (Lipinski definition) is 4. The van der Waals surface area contributed by atoms with Gasteiger partial charge in [-0.3, -0.25) is 9.59 Å². The second kappa shape index (κ2) is 11.2. The maximum Gasteiger partial charge on any atom is 0.433 e. The van der Waals surface area contributed by atoms with E-state index in [0.29, 0.717) is 11.6 Å². The van der Waals surface area contributed by atoms with Crippen molar-refractivity contribution in [2.75, 3.05) is 0 Å². The second-order valence-electron chi connectivity index (χ2n) is 9.00. The third-order valence-corrected chi connectivity index (χ3v) is 6.47. The Morgan fingerprint density at radius 2 is 1.75 bits per heavy atom. The van der Waals surface area contributed by atoms with Crippen molar-refractivity contribution in [3.05, 3.63) is 85.8 Å².